The van der Waals surface area contributed by atoms with Crippen molar-refractivity contribution in [1.82, 2.24) is 9.97 Å². The molecule has 96 valence electrons. The van der Waals surface area contributed by atoms with Crippen LogP contribution in [0.25, 0.3) is 10.2 Å². The summed E-state index contributed by atoms with van der Waals surface area (Å²) in [7, 11) is 0. The predicted molar refractivity (Wildman–Crippen MR) is 80.6 cm³/mol. The molecule has 2 heterocycles. The van der Waals surface area contributed by atoms with Crippen LogP contribution in [0.2, 0.25) is 0 Å². The van der Waals surface area contributed by atoms with Crippen molar-refractivity contribution in [3.63, 3.8) is 0 Å². The summed E-state index contributed by atoms with van der Waals surface area (Å²) in [6.45, 7) is 4.24. The molecule has 0 saturated carbocycles. The summed E-state index contributed by atoms with van der Waals surface area (Å²) in [5, 5.41) is 6.59. The SMILES string of the molecule is Cc1ccc([C@H](C)Nc2ncnc3sccc23)cc1. The third kappa shape index (κ3) is 2.44. The maximum Gasteiger partial charge on any atom is 0.138 e. The normalized spacial score (nSPS) is 12.5. The van der Waals surface area contributed by atoms with Crippen molar-refractivity contribution in [2.75, 3.05) is 5.32 Å². The predicted octanol–water partition coefficient (Wildman–Crippen LogP) is 4.17. The number of benzene rings is 1. The minimum absolute atomic E-state index is 0.221. The number of nitrogens with one attached hydrogen (secondary N) is 1. The molecule has 1 aromatic carbocycles. The molecule has 0 aliphatic rings. The lowest BCUT2D eigenvalue weighted by atomic mass is 10.1. The summed E-state index contributed by atoms with van der Waals surface area (Å²) in [4.78, 5) is 9.63. The first-order valence-electron chi connectivity index (χ1n) is 6.25. The molecule has 0 aliphatic carbocycles. The molecule has 2 aromatic heterocycles. The second-order valence-electron chi connectivity index (χ2n) is 4.64. The second-order valence-corrected chi connectivity index (χ2v) is 5.53. The molecule has 0 radical (unpaired) electrons. The Morgan fingerprint density at radius 3 is 2.68 bits per heavy atom. The smallest absolute Gasteiger partial charge is 0.138 e. The van der Waals surface area contributed by atoms with Crippen LogP contribution in [-0.2, 0) is 0 Å². The van der Waals surface area contributed by atoms with E-state index in [0.29, 0.717) is 0 Å². The van der Waals surface area contributed by atoms with Gasteiger partial charge in [-0.2, -0.15) is 0 Å². The number of anilines is 1. The third-order valence-corrected chi connectivity index (χ3v) is 4.01. The van der Waals surface area contributed by atoms with Crippen LogP contribution in [0, 0.1) is 6.92 Å². The number of fused-ring (bicyclic) bond motifs is 1. The summed E-state index contributed by atoms with van der Waals surface area (Å²) < 4.78 is 0. The summed E-state index contributed by atoms with van der Waals surface area (Å²) in [5.74, 6) is 0.902. The van der Waals surface area contributed by atoms with E-state index >= 15 is 0 Å². The van der Waals surface area contributed by atoms with Crippen molar-refractivity contribution >= 4 is 27.4 Å². The van der Waals surface area contributed by atoms with E-state index in [1.807, 2.05) is 5.38 Å². The number of thiophene rings is 1. The molecule has 1 N–H and O–H groups in total. The average molecular weight is 269 g/mol. The summed E-state index contributed by atoms with van der Waals surface area (Å²) in [6, 6.07) is 10.8. The van der Waals surface area contributed by atoms with Crippen LogP contribution < -0.4 is 5.32 Å². The minimum Gasteiger partial charge on any atom is -0.363 e. The Morgan fingerprint density at radius 1 is 1.11 bits per heavy atom. The van der Waals surface area contributed by atoms with E-state index < -0.39 is 0 Å². The van der Waals surface area contributed by atoms with E-state index in [2.05, 4.69) is 59.5 Å². The van der Waals surface area contributed by atoms with E-state index in [-0.39, 0.29) is 6.04 Å². The van der Waals surface area contributed by atoms with Crippen molar-refractivity contribution in [2.24, 2.45) is 0 Å². The fraction of sp³-hybridized carbons (Fsp3) is 0.200. The van der Waals surface area contributed by atoms with Crippen molar-refractivity contribution < 1.29 is 0 Å². The minimum atomic E-state index is 0.221. The molecule has 0 saturated heterocycles. The van der Waals surface area contributed by atoms with Gasteiger partial charge in [-0.1, -0.05) is 29.8 Å². The van der Waals surface area contributed by atoms with Gasteiger partial charge < -0.3 is 5.32 Å². The molecule has 0 spiro atoms. The van der Waals surface area contributed by atoms with Crippen molar-refractivity contribution in [3.8, 4) is 0 Å². The van der Waals surface area contributed by atoms with E-state index in [1.165, 1.54) is 11.1 Å². The number of hydrogen-bond donors (Lipinski definition) is 1. The van der Waals surface area contributed by atoms with Gasteiger partial charge in [0.25, 0.3) is 0 Å². The highest BCUT2D eigenvalue weighted by Gasteiger charge is 2.09. The van der Waals surface area contributed by atoms with Gasteiger partial charge in [0, 0.05) is 6.04 Å². The molecule has 0 amide bonds. The lowest BCUT2D eigenvalue weighted by molar-refractivity contribution is 0.875. The molecule has 19 heavy (non-hydrogen) atoms. The summed E-state index contributed by atoms with van der Waals surface area (Å²) >= 11 is 1.64. The molecule has 0 aliphatic heterocycles. The first-order valence-corrected chi connectivity index (χ1v) is 7.13. The first kappa shape index (κ1) is 12.1. The lowest BCUT2D eigenvalue weighted by Gasteiger charge is -2.15. The molecular formula is C15H15N3S. The van der Waals surface area contributed by atoms with Crippen LogP contribution in [0.15, 0.2) is 42.0 Å². The van der Waals surface area contributed by atoms with E-state index in [9.17, 15) is 0 Å². The largest absolute Gasteiger partial charge is 0.363 e. The number of nitrogens with zero attached hydrogens (tertiary/aromatic N) is 2. The van der Waals surface area contributed by atoms with Crippen LogP contribution in [0.1, 0.15) is 24.1 Å². The highest BCUT2D eigenvalue weighted by Crippen LogP contribution is 2.26. The highest BCUT2D eigenvalue weighted by atomic mass is 32.1. The third-order valence-electron chi connectivity index (χ3n) is 3.19. The van der Waals surface area contributed by atoms with Gasteiger partial charge in [0.15, 0.2) is 0 Å². The van der Waals surface area contributed by atoms with Crippen LogP contribution in [0.5, 0.6) is 0 Å². The molecule has 3 nitrogen and oxygen atoms in total. The standard InChI is InChI=1S/C15H15N3S/c1-10-3-5-12(6-4-10)11(2)18-14-13-7-8-19-15(13)17-9-16-14/h3-9,11H,1-2H3,(H,16,17,18)/t11-/m0/s1. The Kier molecular flexibility index (Phi) is 3.17. The Labute approximate surface area is 116 Å². The maximum atomic E-state index is 4.35. The highest BCUT2D eigenvalue weighted by molar-refractivity contribution is 7.16. The van der Waals surface area contributed by atoms with E-state index in [0.717, 1.165) is 16.0 Å². The van der Waals surface area contributed by atoms with Gasteiger partial charge in [-0.3, -0.25) is 0 Å². The topological polar surface area (TPSA) is 37.8 Å². The summed E-state index contributed by atoms with van der Waals surface area (Å²) in [6.07, 6.45) is 1.61. The van der Waals surface area contributed by atoms with Crippen LogP contribution in [0.4, 0.5) is 5.82 Å². The molecular weight excluding hydrogens is 254 g/mol. The lowest BCUT2D eigenvalue weighted by Crippen LogP contribution is -2.08. The summed E-state index contributed by atoms with van der Waals surface area (Å²) in [5.41, 5.74) is 2.53. The number of aryl methyl sites for hydroxylation is 1. The van der Waals surface area contributed by atoms with Crippen LogP contribution in [0.3, 0.4) is 0 Å². The van der Waals surface area contributed by atoms with Crippen LogP contribution >= 0.6 is 11.3 Å². The number of rotatable bonds is 3. The van der Waals surface area contributed by atoms with E-state index in [4.69, 9.17) is 0 Å². The molecule has 0 unspecified atom stereocenters. The number of hydrogen-bond acceptors (Lipinski definition) is 4. The Hall–Kier alpha value is -1.94. The quantitative estimate of drug-likeness (QED) is 0.775. The van der Waals surface area contributed by atoms with Gasteiger partial charge >= 0.3 is 0 Å². The monoisotopic (exact) mass is 269 g/mol. The van der Waals surface area contributed by atoms with Crippen molar-refractivity contribution in [3.05, 3.63) is 53.2 Å². The van der Waals surface area contributed by atoms with Gasteiger partial charge in [0.1, 0.15) is 17.0 Å². The first-order chi connectivity index (χ1) is 9.24. The molecule has 3 rings (SSSR count). The van der Waals surface area contributed by atoms with Gasteiger partial charge in [-0.05, 0) is 30.9 Å². The zero-order valence-electron chi connectivity index (χ0n) is 10.9. The van der Waals surface area contributed by atoms with Gasteiger partial charge in [-0.15, -0.1) is 11.3 Å². The molecule has 0 bridgehead atoms. The van der Waals surface area contributed by atoms with Crippen molar-refractivity contribution in [2.45, 2.75) is 19.9 Å². The van der Waals surface area contributed by atoms with Crippen LogP contribution in [-0.4, -0.2) is 9.97 Å². The second kappa shape index (κ2) is 4.97. The molecule has 0 fully saturated rings. The van der Waals surface area contributed by atoms with Gasteiger partial charge in [0.2, 0.25) is 0 Å². The van der Waals surface area contributed by atoms with E-state index in [1.54, 1.807) is 17.7 Å². The zero-order chi connectivity index (χ0) is 13.2. The maximum absolute atomic E-state index is 4.35. The fourth-order valence-electron chi connectivity index (χ4n) is 2.05. The Bertz CT molecular complexity index is 688. The molecule has 1 atom stereocenters. The molecule has 3 aromatic rings. The zero-order valence-corrected chi connectivity index (χ0v) is 11.7. The Morgan fingerprint density at radius 2 is 1.89 bits per heavy atom. The average Bonchev–Trinajstić information content (AvgIpc) is 2.89. The number of aromatic nitrogens is 2. The molecule has 4 heteroatoms. The van der Waals surface area contributed by atoms with Gasteiger partial charge in [0.05, 0.1) is 5.39 Å². The Balaban J connectivity index is 1.88. The fourth-order valence-corrected chi connectivity index (χ4v) is 2.78. The van der Waals surface area contributed by atoms with Gasteiger partial charge in [-0.25, -0.2) is 9.97 Å². The van der Waals surface area contributed by atoms with Crippen molar-refractivity contribution in [1.29, 1.82) is 0 Å².